The van der Waals surface area contributed by atoms with Crippen molar-refractivity contribution >= 4 is 22.7 Å². The second-order valence-corrected chi connectivity index (χ2v) is 6.08. The summed E-state index contributed by atoms with van der Waals surface area (Å²) in [5, 5.41) is 6.78. The monoisotopic (exact) mass is 313 g/mol. The number of carbonyl (C=O) groups excluding carboxylic acids is 2. The van der Waals surface area contributed by atoms with Crippen molar-refractivity contribution in [1.82, 2.24) is 15.2 Å². The van der Waals surface area contributed by atoms with E-state index in [-0.39, 0.29) is 11.8 Å². The molecule has 1 aliphatic rings. The van der Waals surface area contributed by atoms with E-state index < -0.39 is 6.04 Å². The second-order valence-electron chi connectivity index (χ2n) is 6.08. The Morgan fingerprint density at radius 3 is 2.96 bits per heavy atom. The normalized spacial score (nSPS) is 16.9. The number of aromatic nitrogens is 1. The van der Waals surface area contributed by atoms with Crippen molar-refractivity contribution < 1.29 is 9.59 Å². The Balaban J connectivity index is 1.68. The van der Waals surface area contributed by atoms with Crippen LogP contribution in [-0.4, -0.2) is 29.0 Å². The minimum atomic E-state index is -0.503. The van der Waals surface area contributed by atoms with Gasteiger partial charge in [0.2, 0.25) is 5.91 Å². The van der Waals surface area contributed by atoms with E-state index in [1.54, 1.807) is 0 Å². The van der Waals surface area contributed by atoms with Crippen molar-refractivity contribution in [3.63, 3.8) is 0 Å². The summed E-state index contributed by atoms with van der Waals surface area (Å²) in [5.74, 6) is -0.281. The molecule has 2 aromatic rings. The van der Waals surface area contributed by atoms with Crippen LogP contribution in [0.1, 0.15) is 43.1 Å². The summed E-state index contributed by atoms with van der Waals surface area (Å²) in [5.41, 5.74) is 1.62. The molecule has 1 aromatic heterocycles. The standard InChI is InChI=1S/C18H23N3O2/c1-2-3-4-7-10-19-17(22)14-12-21-15-9-6-5-8-13(15)11-16(21)18(23)20-14/h5-6,8-9,11,14H,2-4,7,10,12H2,1H3,(H,19,22)(H,20,23)/t14-/m0/s1. The molecule has 122 valence electrons. The van der Waals surface area contributed by atoms with Crippen LogP contribution in [0.25, 0.3) is 10.9 Å². The van der Waals surface area contributed by atoms with Crippen LogP contribution in [0, 0.1) is 0 Å². The summed E-state index contributed by atoms with van der Waals surface area (Å²) in [6, 6.07) is 9.24. The molecule has 0 unspecified atom stereocenters. The van der Waals surface area contributed by atoms with E-state index in [0.29, 0.717) is 18.8 Å². The van der Waals surface area contributed by atoms with Gasteiger partial charge in [-0.15, -0.1) is 0 Å². The fourth-order valence-corrected chi connectivity index (χ4v) is 3.09. The molecule has 0 radical (unpaired) electrons. The van der Waals surface area contributed by atoms with E-state index in [1.807, 2.05) is 34.9 Å². The third-order valence-corrected chi connectivity index (χ3v) is 4.36. The van der Waals surface area contributed by atoms with E-state index in [0.717, 1.165) is 23.7 Å². The van der Waals surface area contributed by atoms with Gasteiger partial charge in [-0.2, -0.15) is 0 Å². The fourth-order valence-electron chi connectivity index (χ4n) is 3.09. The highest BCUT2D eigenvalue weighted by Gasteiger charge is 2.30. The third kappa shape index (κ3) is 3.23. The Bertz CT molecular complexity index is 720. The molecule has 23 heavy (non-hydrogen) atoms. The van der Waals surface area contributed by atoms with E-state index in [1.165, 1.54) is 12.8 Å². The molecular weight excluding hydrogens is 290 g/mol. The first-order valence-corrected chi connectivity index (χ1v) is 8.37. The van der Waals surface area contributed by atoms with Crippen LogP contribution < -0.4 is 10.6 Å². The van der Waals surface area contributed by atoms with E-state index in [9.17, 15) is 9.59 Å². The minimum Gasteiger partial charge on any atom is -0.354 e. The number of amides is 2. The molecule has 0 bridgehead atoms. The lowest BCUT2D eigenvalue weighted by Gasteiger charge is -2.25. The molecule has 1 aliphatic heterocycles. The molecule has 1 aromatic carbocycles. The van der Waals surface area contributed by atoms with Crippen molar-refractivity contribution in [1.29, 1.82) is 0 Å². The molecule has 0 aliphatic carbocycles. The topological polar surface area (TPSA) is 63.1 Å². The van der Waals surface area contributed by atoms with Gasteiger partial charge in [-0.05, 0) is 18.6 Å². The van der Waals surface area contributed by atoms with Crippen molar-refractivity contribution in [2.75, 3.05) is 6.54 Å². The number of rotatable bonds is 6. The number of benzene rings is 1. The zero-order valence-electron chi connectivity index (χ0n) is 13.5. The van der Waals surface area contributed by atoms with Gasteiger partial charge in [-0.1, -0.05) is 44.4 Å². The average Bonchev–Trinajstić information content (AvgIpc) is 2.94. The second kappa shape index (κ2) is 6.86. The lowest BCUT2D eigenvalue weighted by atomic mass is 10.2. The molecule has 2 heterocycles. The number of hydrogen-bond donors (Lipinski definition) is 2. The van der Waals surface area contributed by atoms with Gasteiger partial charge in [0.15, 0.2) is 0 Å². The number of nitrogens with one attached hydrogen (secondary N) is 2. The zero-order valence-corrected chi connectivity index (χ0v) is 13.5. The Hall–Kier alpha value is -2.30. The average molecular weight is 313 g/mol. The zero-order chi connectivity index (χ0) is 16.2. The van der Waals surface area contributed by atoms with Gasteiger partial charge in [0, 0.05) is 17.4 Å². The first kappa shape index (κ1) is 15.6. The molecule has 5 nitrogen and oxygen atoms in total. The van der Waals surface area contributed by atoms with E-state index in [2.05, 4.69) is 17.6 Å². The molecule has 5 heteroatoms. The first-order chi connectivity index (χ1) is 11.2. The quantitative estimate of drug-likeness (QED) is 0.805. The van der Waals surface area contributed by atoms with Gasteiger partial charge < -0.3 is 15.2 Å². The molecule has 0 saturated heterocycles. The Morgan fingerprint density at radius 1 is 1.30 bits per heavy atom. The maximum Gasteiger partial charge on any atom is 0.268 e. The van der Waals surface area contributed by atoms with Crippen LogP contribution in [0.3, 0.4) is 0 Å². The Kier molecular flexibility index (Phi) is 4.65. The van der Waals surface area contributed by atoms with Gasteiger partial charge in [0.25, 0.3) is 5.91 Å². The van der Waals surface area contributed by atoms with Gasteiger partial charge >= 0.3 is 0 Å². The van der Waals surface area contributed by atoms with Gasteiger partial charge in [-0.25, -0.2) is 0 Å². The van der Waals surface area contributed by atoms with Crippen LogP contribution in [0.5, 0.6) is 0 Å². The molecule has 0 spiro atoms. The molecule has 3 rings (SSSR count). The van der Waals surface area contributed by atoms with Crippen molar-refractivity contribution in [3.05, 3.63) is 36.0 Å². The van der Waals surface area contributed by atoms with Crippen molar-refractivity contribution in [2.45, 2.75) is 45.2 Å². The number of fused-ring (bicyclic) bond motifs is 3. The number of para-hydroxylation sites is 1. The summed E-state index contributed by atoms with van der Waals surface area (Å²) < 4.78 is 1.94. The third-order valence-electron chi connectivity index (χ3n) is 4.36. The van der Waals surface area contributed by atoms with Gasteiger partial charge in [0.1, 0.15) is 11.7 Å². The van der Waals surface area contributed by atoms with E-state index >= 15 is 0 Å². The van der Waals surface area contributed by atoms with Crippen molar-refractivity contribution in [3.8, 4) is 0 Å². The van der Waals surface area contributed by atoms with Crippen molar-refractivity contribution in [2.24, 2.45) is 0 Å². The Morgan fingerprint density at radius 2 is 2.13 bits per heavy atom. The van der Waals surface area contributed by atoms with Crippen LogP contribution in [0.4, 0.5) is 0 Å². The summed E-state index contributed by atoms with van der Waals surface area (Å²) in [7, 11) is 0. The fraction of sp³-hybridized carbons (Fsp3) is 0.444. The summed E-state index contributed by atoms with van der Waals surface area (Å²) in [6.45, 7) is 3.31. The summed E-state index contributed by atoms with van der Waals surface area (Å²) >= 11 is 0. The largest absolute Gasteiger partial charge is 0.354 e. The predicted molar refractivity (Wildman–Crippen MR) is 90.3 cm³/mol. The molecular formula is C18H23N3O2. The van der Waals surface area contributed by atoms with Crippen LogP contribution in [-0.2, 0) is 11.3 Å². The Labute approximate surface area is 136 Å². The molecule has 2 amide bonds. The highest BCUT2D eigenvalue weighted by atomic mass is 16.2. The maximum absolute atomic E-state index is 12.3. The van der Waals surface area contributed by atoms with Gasteiger partial charge in [-0.3, -0.25) is 9.59 Å². The lowest BCUT2D eigenvalue weighted by Crippen LogP contribution is -2.52. The first-order valence-electron chi connectivity index (χ1n) is 8.37. The molecule has 0 saturated carbocycles. The van der Waals surface area contributed by atoms with Crippen LogP contribution in [0.2, 0.25) is 0 Å². The van der Waals surface area contributed by atoms with E-state index in [4.69, 9.17) is 0 Å². The SMILES string of the molecule is CCCCCCNC(=O)[C@@H]1Cn2c(cc3ccccc32)C(=O)N1. The number of carbonyl (C=O) groups is 2. The highest BCUT2D eigenvalue weighted by molar-refractivity contribution is 6.02. The molecule has 0 fully saturated rings. The maximum atomic E-state index is 12.3. The summed E-state index contributed by atoms with van der Waals surface area (Å²) in [4.78, 5) is 24.6. The molecule has 1 atom stereocenters. The van der Waals surface area contributed by atoms with Crippen LogP contribution in [0.15, 0.2) is 30.3 Å². The van der Waals surface area contributed by atoms with Crippen LogP contribution >= 0.6 is 0 Å². The molecule has 2 N–H and O–H groups in total. The number of nitrogens with zero attached hydrogens (tertiary/aromatic N) is 1. The van der Waals surface area contributed by atoms with Gasteiger partial charge in [0.05, 0.1) is 6.54 Å². The summed E-state index contributed by atoms with van der Waals surface area (Å²) in [6.07, 6.45) is 4.48. The lowest BCUT2D eigenvalue weighted by molar-refractivity contribution is -0.123. The minimum absolute atomic E-state index is 0.0988. The number of hydrogen-bond acceptors (Lipinski definition) is 2. The smallest absolute Gasteiger partial charge is 0.268 e. The highest BCUT2D eigenvalue weighted by Crippen LogP contribution is 2.22. The number of unbranched alkanes of at least 4 members (excludes halogenated alkanes) is 3. The predicted octanol–water partition coefficient (Wildman–Crippen LogP) is 2.45.